The van der Waals surface area contributed by atoms with Crippen molar-refractivity contribution in [3.8, 4) is 0 Å². The fourth-order valence-electron chi connectivity index (χ4n) is 0.671. The maximum Gasteiger partial charge on any atom is 0.0553 e. The fraction of sp³-hybridized carbons (Fsp3) is 1.00. The summed E-state index contributed by atoms with van der Waals surface area (Å²) in [5, 5.41) is 10.5. The Morgan fingerprint density at radius 2 is 1.27 bits per heavy atom. The van der Waals surface area contributed by atoms with Crippen LogP contribution in [0, 0.1) is 0 Å². The average Bonchev–Trinajstić information content (AvgIpc) is 2.22. The van der Waals surface area contributed by atoms with Gasteiger partial charge in [-0.1, -0.05) is 20.8 Å². The Bertz CT molecular complexity index is 62.9. The predicted molar refractivity (Wildman–Crippen MR) is 69.6 cm³/mol. The van der Waals surface area contributed by atoms with Crippen LogP contribution in [0.2, 0.25) is 0 Å². The van der Waals surface area contributed by atoms with Crippen LogP contribution >= 0.6 is 0 Å². The molecule has 0 saturated heterocycles. The highest BCUT2D eigenvalue weighted by molar-refractivity contribution is 4.43. The number of nitrogens with two attached hydrogens (primary N) is 1. The number of hydrogen-bond donors (Lipinski definition) is 4. The largest absolute Gasteiger partial charge is 0.395 e. The molecule has 0 aliphatic heterocycles. The highest BCUT2D eigenvalue weighted by atomic mass is 16.3. The van der Waals surface area contributed by atoms with Gasteiger partial charge in [-0.25, -0.2) is 0 Å². The Morgan fingerprint density at radius 1 is 1.07 bits per heavy atom. The minimum atomic E-state index is 0. The zero-order valence-electron chi connectivity index (χ0n) is 11.2. The molecule has 0 amide bonds. The van der Waals surface area contributed by atoms with E-state index < -0.39 is 0 Å². The molecule has 0 aliphatic rings. The van der Waals surface area contributed by atoms with Gasteiger partial charge in [-0.3, -0.25) is 0 Å². The van der Waals surface area contributed by atoms with E-state index in [1.165, 1.54) is 19.6 Å². The zero-order chi connectivity index (χ0) is 11.8. The molecule has 0 aromatic heterocycles. The molecule has 15 heavy (non-hydrogen) atoms. The van der Waals surface area contributed by atoms with E-state index in [1.807, 2.05) is 14.1 Å². The molecule has 0 rings (SSSR count). The maximum absolute atomic E-state index is 7.75. The SMILES string of the molecule is CCN(CC)CC.CNC.N.NCCO. The Morgan fingerprint density at radius 3 is 1.27 bits per heavy atom. The van der Waals surface area contributed by atoms with Crippen LogP contribution in [0.25, 0.3) is 0 Å². The summed E-state index contributed by atoms with van der Waals surface area (Å²) >= 11 is 0. The average molecular weight is 224 g/mol. The summed E-state index contributed by atoms with van der Waals surface area (Å²) < 4.78 is 0. The minimum absolute atomic E-state index is 0. The van der Waals surface area contributed by atoms with Gasteiger partial charge in [0.25, 0.3) is 0 Å². The molecule has 5 heteroatoms. The van der Waals surface area contributed by atoms with Gasteiger partial charge in [-0.15, -0.1) is 0 Å². The van der Waals surface area contributed by atoms with Gasteiger partial charge < -0.3 is 27.2 Å². The monoisotopic (exact) mass is 224 g/mol. The summed E-state index contributed by atoms with van der Waals surface area (Å²) in [6, 6.07) is 0. The maximum atomic E-state index is 7.75. The lowest BCUT2D eigenvalue weighted by Gasteiger charge is -2.13. The molecule has 0 bridgehead atoms. The molecule has 0 saturated carbocycles. The molecular weight excluding hydrogens is 192 g/mol. The predicted octanol–water partition coefficient (Wildman–Crippen LogP) is 0.283. The van der Waals surface area contributed by atoms with Gasteiger partial charge in [0.2, 0.25) is 0 Å². The van der Waals surface area contributed by atoms with E-state index in [4.69, 9.17) is 10.8 Å². The van der Waals surface area contributed by atoms with Crippen LogP contribution in [-0.4, -0.2) is 56.9 Å². The van der Waals surface area contributed by atoms with Crippen molar-refractivity contribution in [3.63, 3.8) is 0 Å². The highest BCUT2D eigenvalue weighted by Crippen LogP contribution is 1.81. The van der Waals surface area contributed by atoms with E-state index in [2.05, 4.69) is 31.0 Å². The number of aliphatic hydroxyl groups is 1. The fourth-order valence-corrected chi connectivity index (χ4v) is 0.671. The zero-order valence-corrected chi connectivity index (χ0v) is 11.2. The standard InChI is InChI=1S/C6H15N.C2H7NO.C2H7N.H3N/c1-4-7(5-2)6-3;3-1-2-4;1-3-2;/h4-6H2,1-3H3;4H,1-3H2;3H,1-2H3;1H3. The van der Waals surface area contributed by atoms with Gasteiger partial charge >= 0.3 is 0 Å². The van der Waals surface area contributed by atoms with Crippen LogP contribution in [0.5, 0.6) is 0 Å². The van der Waals surface area contributed by atoms with Crippen molar-refractivity contribution >= 4 is 0 Å². The Balaban J connectivity index is -0.0000000654. The van der Waals surface area contributed by atoms with E-state index in [0.717, 1.165) is 0 Å². The molecule has 0 spiro atoms. The van der Waals surface area contributed by atoms with Gasteiger partial charge in [0.1, 0.15) is 0 Å². The lowest BCUT2D eigenvalue weighted by Crippen LogP contribution is -2.21. The first kappa shape index (κ1) is 24.2. The summed E-state index contributed by atoms with van der Waals surface area (Å²) in [7, 11) is 3.75. The summed E-state index contributed by atoms with van der Waals surface area (Å²) in [6.07, 6.45) is 0. The van der Waals surface area contributed by atoms with Crippen molar-refractivity contribution in [1.29, 1.82) is 0 Å². The molecule has 0 aliphatic carbocycles. The number of aliphatic hydroxyl groups excluding tert-OH is 1. The summed E-state index contributed by atoms with van der Waals surface area (Å²) in [5.41, 5.74) is 4.78. The topological polar surface area (TPSA) is 96.5 Å². The molecule has 0 radical (unpaired) electrons. The van der Waals surface area contributed by atoms with Gasteiger partial charge in [0.15, 0.2) is 0 Å². The molecule has 0 heterocycles. The second kappa shape index (κ2) is 29.2. The van der Waals surface area contributed by atoms with E-state index in [1.54, 1.807) is 0 Å². The summed E-state index contributed by atoms with van der Waals surface area (Å²) in [6.45, 7) is 10.6. The van der Waals surface area contributed by atoms with Crippen LogP contribution in [0.15, 0.2) is 0 Å². The molecule has 0 aromatic carbocycles. The van der Waals surface area contributed by atoms with E-state index >= 15 is 0 Å². The Hall–Kier alpha value is -0.200. The molecule has 0 atom stereocenters. The van der Waals surface area contributed by atoms with Gasteiger partial charge in [-0.2, -0.15) is 0 Å². The van der Waals surface area contributed by atoms with Crippen LogP contribution < -0.4 is 17.2 Å². The molecule has 0 fully saturated rings. The molecule has 5 nitrogen and oxygen atoms in total. The number of rotatable bonds is 4. The first-order valence-corrected chi connectivity index (χ1v) is 5.29. The smallest absolute Gasteiger partial charge is 0.0553 e. The van der Waals surface area contributed by atoms with Crippen molar-refractivity contribution in [2.75, 3.05) is 46.9 Å². The molecule has 98 valence electrons. The quantitative estimate of drug-likeness (QED) is 0.550. The second-order valence-corrected chi connectivity index (χ2v) is 2.63. The summed E-state index contributed by atoms with van der Waals surface area (Å²) in [4.78, 5) is 2.38. The third-order valence-electron chi connectivity index (χ3n) is 1.47. The third-order valence-corrected chi connectivity index (χ3v) is 1.47. The number of hydrogen-bond acceptors (Lipinski definition) is 5. The lowest BCUT2D eigenvalue weighted by atomic mass is 10.5. The molecule has 0 unspecified atom stereocenters. The van der Waals surface area contributed by atoms with Gasteiger partial charge in [0, 0.05) is 6.54 Å². The first-order chi connectivity index (χ1) is 6.67. The van der Waals surface area contributed by atoms with Crippen molar-refractivity contribution in [1.82, 2.24) is 16.4 Å². The van der Waals surface area contributed by atoms with Crippen LogP contribution in [0.4, 0.5) is 0 Å². The van der Waals surface area contributed by atoms with Crippen molar-refractivity contribution < 1.29 is 5.11 Å². The van der Waals surface area contributed by atoms with Crippen LogP contribution in [0.3, 0.4) is 0 Å². The molecular formula is C10H32N4O. The third kappa shape index (κ3) is 41.6. The Labute approximate surface area is 95.6 Å². The lowest BCUT2D eigenvalue weighted by molar-refractivity contribution is 0.306. The van der Waals surface area contributed by atoms with E-state index in [9.17, 15) is 0 Å². The summed E-state index contributed by atoms with van der Waals surface area (Å²) in [5.74, 6) is 0. The highest BCUT2D eigenvalue weighted by Gasteiger charge is 1.89. The molecule has 7 N–H and O–H groups in total. The normalized spacial score (nSPS) is 8.00. The van der Waals surface area contributed by atoms with Gasteiger partial charge in [0.05, 0.1) is 6.61 Å². The van der Waals surface area contributed by atoms with Crippen LogP contribution in [-0.2, 0) is 0 Å². The number of nitrogens with zero attached hydrogens (tertiary/aromatic N) is 1. The van der Waals surface area contributed by atoms with Crippen molar-refractivity contribution in [3.05, 3.63) is 0 Å². The van der Waals surface area contributed by atoms with Gasteiger partial charge in [-0.05, 0) is 33.7 Å². The molecule has 0 aromatic rings. The van der Waals surface area contributed by atoms with Crippen molar-refractivity contribution in [2.45, 2.75) is 20.8 Å². The first-order valence-electron chi connectivity index (χ1n) is 5.29. The Kier molecular flexibility index (Phi) is 47.0. The van der Waals surface area contributed by atoms with Crippen molar-refractivity contribution in [2.24, 2.45) is 5.73 Å². The minimum Gasteiger partial charge on any atom is -0.395 e. The second-order valence-electron chi connectivity index (χ2n) is 2.63. The van der Waals surface area contributed by atoms with E-state index in [-0.39, 0.29) is 12.8 Å². The number of nitrogens with one attached hydrogen (secondary N) is 1. The van der Waals surface area contributed by atoms with E-state index in [0.29, 0.717) is 6.54 Å². The van der Waals surface area contributed by atoms with Crippen LogP contribution in [0.1, 0.15) is 20.8 Å².